The van der Waals surface area contributed by atoms with Crippen molar-refractivity contribution in [1.29, 1.82) is 0 Å². The molecule has 1 aliphatic rings. The Kier molecular flexibility index (Phi) is 3.18. The molecule has 0 aliphatic carbocycles. The molecular formula is C21H17N3O. The first-order chi connectivity index (χ1) is 12.4. The van der Waals surface area contributed by atoms with Crippen molar-refractivity contribution in [2.24, 2.45) is 0 Å². The van der Waals surface area contributed by atoms with Gasteiger partial charge >= 0.3 is 0 Å². The molecule has 2 atom stereocenters. The Morgan fingerprint density at radius 2 is 1.48 bits per heavy atom. The maximum Gasteiger partial charge on any atom is 0.143 e. The van der Waals surface area contributed by atoms with E-state index in [-0.39, 0.29) is 6.04 Å². The minimum absolute atomic E-state index is 0.0662. The summed E-state index contributed by atoms with van der Waals surface area (Å²) >= 11 is 0. The minimum atomic E-state index is -0.404. The van der Waals surface area contributed by atoms with Crippen molar-refractivity contribution in [3.8, 4) is 0 Å². The lowest BCUT2D eigenvalue weighted by atomic mass is 9.87. The second-order valence-corrected chi connectivity index (χ2v) is 6.38. The Morgan fingerprint density at radius 3 is 2.20 bits per heavy atom. The number of hydrogen-bond acceptors (Lipinski definition) is 3. The number of aromatic nitrogens is 3. The summed E-state index contributed by atoms with van der Waals surface area (Å²) in [6, 6.07) is 28.8. The highest BCUT2D eigenvalue weighted by atomic mass is 16.6. The van der Waals surface area contributed by atoms with Gasteiger partial charge in [-0.3, -0.25) is 0 Å². The molecule has 3 aromatic carbocycles. The number of para-hydroxylation sites is 1. The van der Waals surface area contributed by atoms with Crippen molar-refractivity contribution >= 4 is 11.0 Å². The average molecular weight is 327 g/mol. The van der Waals surface area contributed by atoms with Crippen molar-refractivity contribution in [3.05, 3.63) is 96.1 Å². The van der Waals surface area contributed by atoms with Gasteiger partial charge in [0, 0.05) is 0 Å². The summed E-state index contributed by atoms with van der Waals surface area (Å²) in [7, 11) is 0. The maximum absolute atomic E-state index is 6.08. The predicted octanol–water partition coefficient (Wildman–Crippen LogP) is 3.95. The Labute approximate surface area is 145 Å². The van der Waals surface area contributed by atoms with E-state index in [1.54, 1.807) is 0 Å². The largest absolute Gasteiger partial charge is 0.362 e. The van der Waals surface area contributed by atoms with E-state index in [1.165, 1.54) is 11.1 Å². The van der Waals surface area contributed by atoms with Gasteiger partial charge in [0.05, 0.1) is 12.1 Å². The van der Waals surface area contributed by atoms with E-state index < -0.39 is 5.60 Å². The number of benzene rings is 3. The van der Waals surface area contributed by atoms with E-state index >= 15 is 0 Å². The quantitative estimate of drug-likeness (QED) is 0.533. The first-order valence-corrected chi connectivity index (χ1v) is 8.43. The van der Waals surface area contributed by atoms with Crippen LogP contribution >= 0.6 is 0 Å². The molecule has 2 heterocycles. The van der Waals surface area contributed by atoms with Crippen LogP contribution in [-0.4, -0.2) is 21.6 Å². The predicted molar refractivity (Wildman–Crippen MR) is 96.2 cm³/mol. The third-order valence-corrected chi connectivity index (χ3v) is 4.90. The van der Waals surface area contributed by atoms with Gasteiger partial charge < -0.3 is 4.74 Å². The van der Waals surface area contributed by atoms with E-state index in [1.807, 2.05) is 35.0 Å². The average Bonchev–Trinajstić information content (AvgIpc) is 3.38. The lowest BCUT2D eigenvalue weighted by molar-refractivity contribution is 0.235. The molecule has 1 saturated heterocycles. The lowest BCUT2D eigenvalue weighted by Crippen LogP contribution is -2.28. The van der Waals surface area contributed by atoms with Crippen molar-refractivity contribution in [1.82, 2.24) is 15.0 Å². The molecule has 122 valence electrons. The minimum Gasteiger partial charge on any atom is -0.362 e. The number of rotatable bonds is 4. The van der Waals surface area contributed by atoms with Gasteiger partial charge in [-0.2, -0.15) is 0 Å². The van der Waals surface area contributed by atoms with E-state index in [4.69, 9.17) is 4.74 Å². The molecule has 1 aliphatic heterocycles. The van der Waals surface area contributed by atoms with Gasteiger partial charge in [-0.1, -0.05) is 78.0 Å². The van der Waals surface area contributed by atoms with Crippen LogP contribution in [0.15, 0.2) is 84.9 Å². The van der Waals surface area contributed by atoms with Gasteiger partial charge in [0.2, 0.25) is 0 Å². The number of hydrogen-bond donors (Lipinski definition) is 0. The van der Waals surface area contributed by atoms with Crippen molar-refractivity contribution in [2.75, 3.05) is 6.61 Å². The second kappa shape index (κ2) is 5.53. The van der Waals surface area contributed by atoms with E-state index in [2.05, 4.69) is 64.9 Å². The zero-order chi connectivity index (χ0) is 16.7. The summed E-state index contributed by atoms with van der Waals surface area (Å²) in [6.45, 7) is 0.671. The Balaban J connectivity index is 1.74. The third kappa shape index (κ3) is 2.26. The maximum atomic E-state index is 6.08. The highest BCUT2D eigenvalue weighted by molar-refractivity contribution is 5.74. The van der Waals surface area contributed by atoms with Crippen LogP contribution in [0.4, 0.5) is 0 Å². The topological polar surface area (TPSA) is 43.2 Å². The third-order valence-electron chi connectivity index (χ3n) is 4.90. The van der Waals surface area contributed by atoms with Gasteiger partial charge in [0.15, 0.2) is 0 Å². The molecule has 0 N–H and O–H groups in total. The van der Waals surface area contributed by atoms with E-state index in [0.29, 0.717) is 6.61 Å². The standard InChI is InChI=1S/C21H17N3O/c1-3-9-16(10-4-1)20(21(15-25-21)17-11-5-2-6-12-17)24-19-14-8-7-13-18(19)22-23-24/h1-14,20H,15H2/t20-,21-/m0/s1. The molecule has 1 fully saturated rings. The van der Waals surface area contributed by atoms with Gasteiger partial charge in [-0.05, 0) is 23.3 Å². The highest BCUT2D eigenvalue weighted by Crippen LogP contribution is 2.51. The zero-order valence-corrected chi connectivity index (χ0v) is 13.6. The molecule has 1 aromatic heterocycles. The molecule has 0 bridgehead atoms. The SMILES string of the molecule is c1ccc([C@H](n2nnc3ccccc32)[C@@]2(c3ccccc3)CO2)cc1. The fraction of sp³-hybridized carbons (Fsp3) is 0.143. The molecule has 25 heavy (non-hydrogen) atoms. The molecule has 4 aromatic rings. The van der Waals surface area contributed by atoms with Gasteiger partial charge in [0.1, 0.15) is 17.2 Å². The molecular weight excluding hydrogens is 310 g/mol. The normalized spacial score (nSPS) is 20.5. The Hall–Kier alpha value is -2.98. The van der Waals surface area contributed by atoms with Crippen LogP contribution in [0.3, 0.4) is 0 Å². The molecule has 5 rings (SSSR count). The summed E-state index contributed by atoms with van der Waals surface area (Å²) in [5.74, 6) is 0. The van der Waals surface area contributed by atoms with Crippen LogP contribution in [0.1, 0.15) is 17.2 Å². The molecule has 0 saturated carbocycles. The van der Waals surface area contributed by atoms with Gasteiger partial charge in [-0.25, -0.2) is 4.68 Å². The van der Waals surface area contributed by atoms with Crippen LogP contribution < -0.4 is 0 Å². The number of epoxide rings is 1. The summed E-state index contributed by atoms with van der Waals surface area (Å²) in [4.78, 5) is 0. The zero-order valence-electron chi connectivity index (χ0n) is 13.6. The van der Waals surface area contributed by atoms with Crippen LogP contribution in [0.25, 0.3) is 11.0 Å². The second-order valence-electron chi connectivity index (χ2n) is 6.38. The number of ether oxygens (including phenoxy) is 1. The fourth-order valence-corrected chi connectivity index (χ4v) is 3.60. The van der Waals surface area contributed by atoms with Crippen molar-refractivity contribution < 1.29 is 4.74 Å². The summed E-state index contributed by atoms with van der Waals surface area (Å²) < 4.78 is 8.09. The van der Waals surface area contributed by atoms with E-state index in [9.17, 15) is 0 Å². The summed E-state index contributed by atoms with van der Waals surface area (Å²) in [5, 5.41) is 8.85. The smallest absolute Gasteiger partial charge is 0.143 e. The first-order valence-electron chi connectivity index (χ1n) is 8.43. The molecule has 0 radical (unpaired) electrons. The summed E-state index contributed by atoms with van der Waals surface area (Å²) in [6.07, 6.45) is 0. The van der Waals surface area contributed by atoms with Crippen LogP contribution in [-0.2, 0) is 10.3 Å². The lowest BCUT2D eigenvalue weighted by Gasteiger charge is -2.25. The Bertz CT molecular complexity index is 1010. The van der Waals surface area contributed by atoms with Crippen molar-refractivity contribution in [3.63, 3.8) is 0 Å². The molecule has 4 nitrogen and oxygen atoms in total. The number of nitrogens with zero attached hydrogens (tertiary/aromatic N) is 3. The van der Waals surface area contributed by atoms with Gasteiger partial charge in [-0.15, -0.1) is 5.10 Å². The Morgan fingerprint density at radius 1 is 0.840 bits per heavy atom. The fourth-order valence-electron chi connectivity index (χ4n) is 3.60. The van der Waals surface area contributed by atoms with Crippen molar-refractivity contribution in [2.45, 2.75) is 11.6 Å². The molecule has 0 amide bonds. The van der Waals surface area contributed by atoms with Crippen LogP contribution in [0.5, 0.6) is 0 Å². The van der Waals surface area contributed by atoms with Crippen LogP contribution in [0, 0.1) is 0 Å². The monoisotopic (exact) mass is 327 g/mol. The number of fused-ring (bicyclic) bond motifs is 1. The molecule has 4 heteroatoms. The molecule has 0 spiro atoms. The highest BCUT2D eigenvalue weighted by Gasteiger charge is 2.55. The first kappa shape index (κ1) is 14.4. The molecule has 0 unspecified atom stereocenters. The van der Waals surface area contributed by atoms with Crippen LogP contribution in [0.2, 0.25) is 0 Å². The summed E-state index contributed by atoms with van der Waals surface area (Å²) in [5.41, 5.74) is 3.84. The van der Waals surface area contributed by atoms with E-state index in [0.717, 1.165) is 11.0 Å². The van der Waals surface area contributed by atoms with Gasteiger partial charge in [0.25, 0.3) is 0 Å².